The molecule has 7 heteroatoms. The molecular formula is C6H9N5O2. The minimum Gasteiger partial charge on any atom is -0.373 e. The van der Waals surface area contributed by atoms with Gasteiger partial charge in [-0.3, -0.25) is 16.0 Å². The number of hydrogen-bond donors (Lipinski definition) is 3. The molecule has 0 aliphatic heterocycles. The number of hydrogen-bond acceptors (Lipinski definition) is 6. The van der Waals surface area contributed by atoms with Gasteiger partial charge in [0.15, 0.2) is 0 Å². The number of nitrogens with zero attached hydrogens (tertiary/aromatic N) is 2. The minimum atomic E-state index is -0.554. The first-order valence-electron chi connectivity index (χ1n) is 3.48. The SMILES string of the molecule is CNc1cc(NN)c([N+](=O)[O-])cn1. The second-order valence-corrected chi connectivity index (χ2v) is 2.24. The van der Waals surface area contributed by atoms with Crippen molar-refractivity contribution in [3.05, 3.63) is 22.4 Å². The summed E-state index contributed by atoms with van der Waals surface area (Å²) in [7, 11) is 1.66. The summed E-state index contributed by atoms with van der Waals surface area (Å²) in [5, 5.41) is 13.2. The zero-order valence-electron chi connectivity index (χ0n) is 6.94. The van der Waals surface area contributed by atoms with Crippen LogP contribution in [0.25, 0.3) is 0 Å². The summed E-state index contributed by atoms with van der Waals surface area (Å²) >= 11 is 0. The molecule has 0 aliphatic rings. The van der Waals surface area contributed by atoms with Gasteiger partial charge >= 0.3 is 5.69 Å². The lowest BCUT2D eigenvalue weighted by Crippen LogP contribution is -2.10. The second-order valence-electron chi connectivity index (χ2n) is 2.24. The number of nitrogen functional groups attached to an aromatic ring is 1. The molecule has 0 aromatic carbocycles. The van der Waals surface area contributed by atoms with Crippen LogP contribution < -0.4 is 16.6 Å². The van der Waals surface area contributed by atoms with E-state index in [1.165, 1.54) is 6.07 Å². The van der Waals surface area contributed by atoms with Gasteiger partial charge in [0.1, 0.15) is 17.7 Å². The van der Waals surface area contributed by atoms with Crippen LogP contribution in [0.2, 0.25) is 0 Å². The first kappa shape index (κ1) is 9.20. The molecule has 1 heterocycles. The fourth-order valence-corrected chi connectivity index (χ4v) is 0.846. The van der Waals surface area contributed by atoms with Gasteiger partial charge in [-0.05, 0) is 0 Å². The van der Waals surface area contributed by atoms with Crippen molar-refractivity contribution in [2.75, 3.05) is 17.8 Å². The molecule has 7 nitrogen and oxygen atoms in total. The molecule has 0 bridgehead atoms. The van der Waals surface area contributed by atoms with Gasteiger partial charge < -0.3 is 10.7 Å². The fraction of sp³-hybridized carbons (Fsp3) is 0.167. The van der Waals surface area contributed by atoms with Gasteiger partial charge in [0.25, 0.3) is 0 Å². The summed E-state index contributed by atoms with van der Waals surface area (Å²) < 4.78 is 0. The number of aromatic nitrogens is 1. The smallest absolute Gasteiger partial charge is 0.311 e. The van der Waals surface area contributed by atoms with Gasteiger partial charge in [0.05, 0.1) is 4.92 Å². The van der Waals surface area contributed by atoms with Crippen molar-refractivity contribution in [1.29, 1.82) is 0 Å². The quantitative estimate of drug-likeness (QED) is 0.354. The Balaban J connectivity index is 3.15. The maximum Gasteiger partial charge on any atom is 0.311 e. The summed E-state index contributed by atoms with van der Waals surface area (Å²) in [5.74, 6) is 5.61. The fourth-order valence-electron chi connectivity index (χ4n) is 0.846. The molecule has 0 amide bonds. The van der Waals surface area contributed by atoms with E-state index in [-0.39, 0.29) is 11.4 Å². The van der Waals surface area contributed by atoms with E-state index in [4.69, 9.17) is 5.84 Å². The summed E-state index contributed by atoms with van der Waals surface area (Å²) in [5.41, 5.74) is 2.30. The third-order valence-corrected chi connectivity index (χ3v) is 1.49. The molecule has 4 N–H and O–H groups in total. The number of pyridine rings is 1. The Labute approximate surface area is 74.1 Å². The number of nitro groups is 1. The predicted octanol–water partition coefficient (Wildman–Crippen LogP) is 0.317. The number of hydrazine groups is 1. The Bertz CT molecular complexity index is 327. The zero-order chi connectivity index (χ0) is 9.84. The van der Waals surface area contributed by atoms with Gasteiger partial charge in [-0.25, -0.2) is 4.98 Å². The number of nitrogens with one attached hydrogen (secondary N) is 2. The highest BCUT2D eigenvalue weighted by atomic mass is 16.6. The van der Waals surface area contributed by atoms with E-state index in [0.29, 0.717) is 5.82 Å². The van der Waals surface area contributed by atoms with Gasteiger partial charge in [-0.1, -0.05) is 0 Å². The number of rotatable bonds is 3. The van der Waals surface area contributed by atoms with Gasteiger partial charge in [0.2, 0.25) is 0 Å². The Morgan fingerprint density at radius 1 is 1.69 bits per heavy atom. The van der Waals surface area contributed by atoms with E-state index >= 15 is 0 Å². The largest absolute Gasteiger partial charge is 0.373 e. The van der Waals surface area contributed by atoms with E-state index < -0.39 is 4.92 Å². The number of nitrogens with two attached hydrogens (primary N) is 1. The van der Waals surface area contributed by atoms with E-state index in [9.17, 15) is 10.1 Å². The van der Waals surface area contributed by atoms with Crippen LogP contribution in [0.3, 0.4) is 0 Å². The molecular weight excluding hydrogens is 174 g/mol. The van der Waals surface area contributed by atoms with E-state index in [0.717, 1.165) is 6.20 Å². The lowest BCUT2D eigenvalue weighted by molar-refractivity contribution is -0.384. The Morgan fingerprint density at radius 2 is 2.38 bits per heavy atom. The van der Waals surface area contributed by atoms with Crippen LogP contribution in [-0.4, -0.2) is 17.0 Å². The van der Waals surface area contributed by atoms with Crippen LogP contribution in [0.1, 0.15) is 0 Å². The third kappa shape index (κ3) is 1.82. The summed E-state index contributed by atoms with van der Waals surface area (Å²) in [6.45, 7) is 0. The standard InChI is InChI=1S/C6H9N5O2/c1-8-6-2-4(10-7)5(3-9-6)11(12)13/h2-3H,7H2,1H3,(H2,8,9,10). The monoisotopic (exact) mass is 183 g/mol. The molecule has 0 radical (unpaired) electrons. The highest BCUT2D eigenvalue weighted by Crippen LogP contribution is 2.23. The second kappa shape index (κ2) is 3.68. The van der Waals surface area contributed by atoms with Crippen molar-refractivity contribution in [2.24, 2.45) is 5.84 Å². The topological polar surface area (TPSA) is 106 Å². The molecule has 0 fully saturated rings. The van der Waals surface area contributed by atoms with Gasteiger partial charge in [0, 0.05) is 13.1 Å². The van der Waals surface area contributed by atoms with Crippen LogP contribution in [0.15, 0.2) is 12.3 Å². The Kier molecular flexibility index (Phi) is 2.60. The molecule has 1 aromatic heterocycles. The summed E-state index contributed by atoms with van der Waals surface area (Å²) in [6.07, 6.45) is 1.14. The maximum atomic E-state index is 10.4. The van der Waals surface area contributed by atoms with Crippen LogP contribution in [-0.2, 0) is 0 Å². The normalized spacial score (nSPS) is 9.38. The van der Waals surface area contributed by atoms with Gasteiger partial charge in [-0.2, -0.15) is 0 Å². The van der Waals surface area contributed by atoms with Crippen molar-refractivity contribution in [1.82, 2.24) is 4.98 Å². The summed E-state index contributed by atoms with van der Waals surface area (Å²) in [4.78, 5) is 13.7. The Hall–Kier alpha value is -1.89. The zero-order valence-corrected chi connectivity index (χ0v) is 6.94. The molecule has 0 saturated carbocycles. The first-order valence-corrected chi connectivity index (χ1v) is 3.48. The molecule has 0 spiro atoms. The Morgan fingerprint density at radius 3 is 2.85 bits per heavy atom. The predicted molar refractivity (Wildman–Crippen MR) is 48.2 cm³/mol. The van der Waals surface area contributed by atoms with Crippen molar-refractivity contribution in [3.8, 4) is 0 Å². The maximum absolute atomic E-state index is 10.4. The lowest BCUT2D eigenvalue weighted by atomic mass is 10.3. The van der Waals surface area contributed by atoms with Crippen molar-refractivity contribution < 1.29 is 4.92 Å². The molecule has 0 unspecified atom stereocenters. The first-order chi connectivity index (χ1) is 6.19. The van der Waals surface area contributed by atoms with Crippen molar-refractivity contribution in [2.45, 2.75) is 0 Å². The van der Waals surface area contributed by atoms with Crippen LogP contribution in [0.5, 0.6) is 0 Å². The molecule has 0 saturated heterocycles. The molecule has 70 valence electrons. The van der Waals surface area contributed by atoms with Crippen LogP contribution in [0.4, 0.5) is 17.2 Å². The lowest BCUT2D eigenvalue weighted by Gasteiger charge is -2.03. The highest BCUT2D eigenvalue weighted by molar-refractivity contribution is 5.64. The number of anilines is 2. The molecule has 1 aromatic rings. The van der Waals surface area contributed by atoms with E-state index in [1.807, 2.05) is 0 Å². The molecule has 1 rings (SSSR count). The van der Waals surface area contributed by atoms with Crippen LogP contribution in [0, 0.1) is 10.1 Å². The van der Waals surface area contributed by atoms with E-state index in [1.54, 1.807) is 7.05 Å². The average Bonchev–Trinajstić information content (AvgIpc) is 2.16. The molecule has 0 atom stereocenters. The highest BCUT2D eigenvalue weighted by Gasteiger charge is 2.13. The van der Waals surface area contributed by atoms with Crippen molar-refractivity contribution in [3.63, 3.8) is 0 Å². The molecule has 13 heavy (non-hydrogen) atoms. The van der Waals surface area contributed by atoms with Crippen LogP contribution >= 0.6 is 0 Å². The summed E-state index contributed by atoms with van der Waals surface area (Å²) in [6, 6.07) is 1.46. The third-order valence-electron chi connectivity index (χ3n) is 1.49. The minimum absolute atomic E-state index is 0.151. The molecule has 0 aliphatic carbocycles. The van der Waals surface area contributed by atoms with E-state index in [2.05, 4.69) is 15.7 Å². The van der Waals surface area contributed by atoms with Gasteiger partial charge in [-0.15, -0.1) is 0 Å². The van der Waals surface area contributed by atoms with Crippen molar-refractivity contribution >= 4 is 17.2 Å². The average molecular weight is 183 g/mol.